The van der Waals surface area contributed by atoms with Crippen molar-refractivity contribution in [1.82, 2.24) is 15.2 Å². The second kappa shape index (κ2) is 8.43. The molecule has 5 nitrogen and oxygen atoms in total. The fraction of sp³-hybridized carbons (Fsp3) is 0.471. The Morgan fingerprint density at radius 2 is 2.00 bits per heavy atom. The number of nitrogens with zero attached hydrogens (tertiary/aromatic N) is 2. The molecule has 1 amide bonds. The zero-order valence-corrected chi connectivity index (χ0v) is 16.2. The molecule has 0 saturated heterocycles. The van der Waals surface area contributed by atoms with Crippen LogP contribution in [0, 0.1) is 5.92 Å². The number of thioether (sulfide) groups is 1. The molecule has 0 aliphatic heterocycles. The molecule has 1 unspecified atom stereocenters. The van der Waals surface area contributed by atoms with E-state index in [9.17, 15) is 4.79 Å². The van der Waals surface area contributed by atoms with Crippen molar-refractivity contribution in [2.45, 2.75) is 49.4 Å². The van der Waals surface area contributed by atoms with E-state index >= 15 is 0 Å². The molecule has 1 aromatic carbocycles. The number of aromatic nitrogens is 3. The molecule has 2 aromatic rings. The van der Waals surface area contributed by atoms with E-state index in [0.29, 0.717) is 26.8 Å². The molecule has 8 heteroatoms. The van der Waals surface area contributed by atoms with Gasteiger partial charge in [-0.25, -0.2) is 4.98 Å². The maximum absolute atomic E-state index is 12.3. The predicted octanol–water partition coefficient (Wildman–Crippen LogP) is 4.96. The molecule has 0 bridgehead atoms. The van der Waals surface area contributed by atoms with Gasteiger partial charge in [0.25, 0.3) is 0 Å². The van der Waals surface area contributed by atoms with Gasteiger partial charge >= 0.3 is 0 Å². The monoisotopic (exact) mass is 398 g/mol. The van der Waals surface area contributed by atoms with E-state index in [4.69, 9.17) is 23.2 Å². The van der Waals surface area contributed by atoms with Crippen molar-refractivity contribution >= 4 is 46.6 Å². The Labute approximate surface area is 161 Å². The van der Waals surface area contributed by atoms with Gasteiger partial charge < -0.3 is 5.32 Å². The van der Waals surface area contributed by atoms with Gasteiger partial charge in [0, 0.05) is 22.2 Å². The minimum atomic E-state index is -0.340. The van der Waals surface area contributed by atoms with Crippen LogP contribution in [0.15, 0.2) is 23.4 Å². The fourth-order valence-corrected chi connectivity index (χ4v) is 4.26. The summed E-state index contributed by atoms with van der Waals surface area (Å²) >= 11 is 13.2. The van der Waals surface area contributed by atoms with Crippen LogP contribution in [0.1, 0.15) is 38.4 Å². The van der Waals surface area contributed by atoms with Gasteiger partial charge in [0.1, 0.15) is 5.82 Å². The summed E-state index contributed by atoms with van der Waals surface area (Å²) in [6.45, 7) is 1.82. The summed E-state index contributed by atoms with van der Waals surface area (Å²) in [4.78, 5) is 16.8. The van der Waals surface area contributed by atoms with Crippen LogP contribution in [0.25, 0.3) is 0 Å². The Balaban J connectivity index is 1.55. The smallest absolute Gasteiger partial charge is 0.237 e. The van der Waals surface area contributed by atoms with Crippen LogP contribution in [0.5, 0.6) is 0 Å². The van der Waals surface area contributed by atoms with Crippen molar-refractivity contribution in [2.75, 3.05) is 5.32 Å². The third-order valence-electron chi connectivity index (χ3n) is 4.25. The van der Waals surface area contributed by atoms with Crippen molar-refractivity contribution in [3.05, 3.63) is 34.1 Å². The highest BCUT2D eigenvalue weighted by Gasteiger charge is 2.20. The SMILES string of the molecule is CC(Sc1n[nH]c(CC2CCCC2)n1)C(=O)Nc1cc(Cl)cc(Cl)c1. The van der Waals surface area contributed by atoms with Gasteiger partial charge in [0.15, 0.2) is 0 Å². The van der Waals surface area contributed by atoms with Crippen molar-refractivity contribution in [2.24, 2.45) is 5.92 Å². The summed E-state index contributed by atoms with van der Waals surface area (Å²) in [6, 6.07) is 4.95. The molecule has 25 heavy (non-hydrogen) atoms. The van der Waals surface area contributed by atoms with Crippen molar-refractivity contribution < 1.29 is 4.79 Å². The number of aromatic amines is 1. The lowest BCUT2D eigenvalue weighted by atomic mass is 10.0. The second-order valence-corrected chi connectivity index (χ2v) is 8.51. The summed E-state index contributed by atoms with van der Waals surface area (Å²) in [5.41, 5.74) is 0.576. The van der Waals surface area contributed by atoms with E-state index < -0.39 is 0 Å². The zero-order valence-electron chi connectivity index (χ0n) is 13.9. The molecule has 1 fully saturated rings. The largest absolute Gasteiger partial charge is 0.325 e. The molecule has 0 radical (unpaired) electrons. The summed E-state index contributed by atoms with van der Waals surface area (Å²) in [6.07, 6.45) is 6.10. The molecule has 1 saturated carbocycles. The molecule has 1 heterocycles. The number of anilines is 1. The Morgan fingerprint density at radius 3 is 2.68 bits per heavy atom. The van der Waals surface area contributed by atoms with Crippen LogP contribution in [0.3, 0.4) is 0 Å². The van der Waals surface area contributed by atoms with E-state index in [1.807, 2.05) is 6.92 Å². The van der Waals surface area contributed by atoms with Gasteiger partial charge in [-0.3, -0.25) is 9.89 Å². The minimum Gasteiger partial charge on any atom is -0.325 e. The third kappa shape index (κ3) is 5.36. The predicted molar refractivity (Wildman–Crippen MR) is 102 cm³/mol. The van der Waals surface area contributed by atoms with Crippen molar-refractivity contribution in [1.29, 1.82) is 0 Å². The van der Waals surface area contributed by atoms with E-state index in [1.165, 1.54) is 37.4 Å². The molecule has 2 N–H and O–H groups in total. The number of hydrogen-bond donors (Lipinski definition) is 2. The van der Waals surface area contributed by atoms with E-state index in [2.05, 4.69) is 20.5 Å². The van der Waals surface area contributed by atoms with Gasteiger partial charge in [-0.15, -0.1) is 5.10 Å². The number of carbonyl (C=O) groups is 1. The van der Waals surface area contributed by atoms with Crippen molar-refractivity contribution in [3.8, 4) is 0 Å². The van der Waals surface area contributed by atoms with Gasteiger partial charge in [0.2, 0.25) is 11.1 Å². The Hall–Kier alpha value is -1.24. The Kier molecular flexibility index (Phi) is 6.25. The molecule has 1 aromatic heterocycles. The number of nitrogens with one attached hydrogen (secondary N) is 2. The molecule has 3 rings (SSSR count). The molecule has 1 atom stereocenters. The van der Waals surface area contributed by atoms with Gasteiger partial charge in [-0.1, -0.05) is 60.6 Å². The molecular formula is C17H20Cl2N4OS. The lowest BCUT2D eigenvalue weighted by Gasteiger charge is -2.10. The molecule has 134 valence electrons. The molecule has 1 aliphatic carbocycles. The average Bonchev–Trinajstić information content (AvgIpc) is 3.19. The van der Waals surface area contributed by atoms with Crippen LogP contribution in [0.2, 0.25) is 10.0 Å². The summed E-state index contributed by atoms with van der Waals surface area (Å²) in [5, 5.41) is 11.2. The molecule has 1 aliphatic rings. The highest BCUT2D eigenvalue weighted by molar-refractivity contribution is 8.00. The fourth-order valence-electron chi connectivity index (χ4n) is 2.99. The number of halogens is 2. The number of rotatable bonds is 6. The summed E-state index contributed by atoms with van der Waals surface area (Å²) in [5.74, 6) is 1.47. The number of hydrogen-bond acceptors (Lipinski definition) is 4. The highest BCUT2D eigenvalue weighted by atomic mass is 35.5. The van der Waals surface area contributed by atoms with Gasteiger partial charge in [-0.05, 0) is 31.0 Å². The highest BCUT2D eigenvalue weighted by Crippen LogP contribution is 2.28. The second-order valence-electron chi connectivity index (χ2n) is 6.33. The summed E-state index contributed by atoms with van der Waals surface area (Å²) in [7, 11) is 0. The Morgan fingerprint density at radius 1 is 1.32 bits per heavy atom. The standard InChI is InChI=1S/C17H20Cl2N4OS/c1-10(16(24)20-14-8-12(18)7-13(19)9-14)25-17-21-15(22-23-17)6-11-4-2-3-5-11/h7-11H,2-6H2,1H3,(H,20,24)(H,21,22,23). The van der Waals surface area contributed by atoms with Crippen LogP contribution in [-0.4, -0.2) is 26.3 Å². The van der Waals surface area contributed by atoms with Crippen molar-refractivity contribution in [3.63, 3.8) is 0 Å². The average molecular weight is 399 g/mol. The minimum absolute atomic E-state index is 0.148. The Bertz CT molecular complexity index is 726. The maximum atomic E-state index is 12.3. The number of H-pyrrole nitrogens is 1. The van der Waals surface area contributed by atoms with E-state index in [0.717, 1.165) is 12.2 Å². The lowest BCUT2D eigenvalue weighted by molar-refractivity contribution is -0.115. The first-order valence-corrected chi connectivity index (χ1v) is 9.98. The van der Waals surface area contributed by atoms with Gasteiger partial charge in [-0.2, -0.15) is 0 Å². The van der Waals surface area contributed by atoms with Gasteiger partial charge in [0.05, 0.1) is 5.25 Å². The molecular weight excluding hydrogens is 379 g/mol. The quantitative estimate of drug-likeness (QED) is 0.674. The van der Waals surface area contributed by atoms with E-state index in [-0.39, 0.29) is 11.2 Å². The van der Waals surface area contributed by atoms with E-state index in [1.54, 1.807) is 18.2 Å². The number of carbonyl (C=O) groups excluding carboxylic acids is 1. The first-order valence-electron chi connectivity index (χ1n) is 8.34. The van der Waals surface area contributed by atoms with Crippen LogP contribution >= 0.6 is 35.0 Å². The van der Waals surface area contributed by atoms with Crippen LogP contribution < -0.4 is 5.32 Å². The number of amides is 1. The first-order chi connectivity index (χ1) is 12.0. The van der Waals surface area contributed by atoms with Crippen LogP contribution in [0.4, 0.5) is 5.69 Å². The first kappa shape index (κ1) is 18.5. The maximum Gasteiger partial charge on any atom is 0.237 e. The zero-order chi connectivity index (χ0) is 17.8. The topological polar surface area (TPSA) is 70.7 Å². The lowest BCUT2D eigenvalue weighted by Crippen LogP contribution is -2.22. The molecule has 0 spiro atoms. The van der Waals surface area contributed by atoms with Crippen LogP contribution in [-0.2, 0) is 11.2 Å². The summed E-state index contributed by atoms with van der Waals surface area (Å²) < 4.78 is 0. The number of benzene rings is 1. The third-order valence-corrected chi connectivity index (χ3v) is 5.65. The normalized spacial score (nSPS) is 16.1.